The van der Waals surface area contributed by atoms with Gasteiger partial charge in [0.25, 0.3) is 0 Å². The van der Waals surface area contributed by atoms with E-state index in [-0.39, 0.29) is 11.6 Å². The van der Waals surface area contributed by atoms with Gasteiger partial charge < -0.3 is 4.90 Å². The Kier molecular flexibility index (Phi) is 4.47. The molecule has 0 aliphatic rings. The number of benzene rings is 1. The maximum atomic E-state index is 12.9. The van der Waals surface area contributed by atoms with E-state index in [4.69, 9.17) is 11.6 Å². The van der Waals surface area contributed by atoms with E-state index in [0.717, 1.165) is 18.2 Å². The average molecular weight is 279 g/mol. The van der Waals surface area contributed by atoms with Crippen molar-refractivity contribution in [2.75, 3.05) is 0 Å². The van der Waals surface area contributed by atoms with Crippen molar-refractivity contribution in [2.45, 2.75) is 13.1 Å². The standard InChI is InChI=1S/C14H12ClFN2O/c15-13-6-12(16)7-17-14(13)9-18(10-19)8-11-4-2-1-3-5-11/h1-7,10H,8-9H2. The van der Waals surface area contributed by atoms with Gasteiger partial charge >= 0.3 is 0 Å². The molecule has 5 heteroatoms. The van der Waals surface area contributed by atoms with E-state index in [0.29, 0.717) is 12.2 Å². The molecule has 1 aromatic heterocycles. The van der Waals surface area contributed by atoms with Crippen molar-refractivity contribution in [3.63, 3.8) is 0 Å². The minimum Gasteiger partial charge on any atom is -0.335 e. The molecule has 1 amide bonds. The van der Waals surface area contributed by atoms with Crippen molar-refractivity contribution >= 4 is 18.0 Å². The molecule has 1 aromatic carbocycles. The predicted molar refractivity (Wildman–Crippen MR) is 71.0 cm³/mol. The van der Waals surface area contributed by atoms with Gasteiger partial charge in [-0.25, -0.2) is 4.39 Å². The van der Waals surface area contributed by atoms with Gasteiger partial charge in [-0.1, -0.05) is 41.9 Å². The van der Waals surface area contributed by atoms with Crippen molar-refractivity contribution in [1.82, 2.24) is 9.88 Å². The molecule has 3 nitrogen and oxygen atoms in total. The van der Waals surface area contributed by atoms with E-state index in [2.05, 4.69) is 4.98 Å². The molecule has 0 radical (unpaired) electrons. The minimum absolute atomic E-state index is 0.222. The van der Waals surface area contributed by atoms with Crippen LogP contribution in [0.25, 0.3) is 0 Å². The molecule has 2 aromatic rings. The Labute approximate surface area is 115 Å². The molecule has 0 fully saturated rings. The number of hydrogen-bond acceptors (Lipinski definition) is 2. The highest BCUT2D eigenvalue weighted by atomic mass is 35.5. The summed E-state index contributed by atoms with van der Waals surface area (Å²) in [5, 5.41) is 0.222. The average Bonchev–Trinajstić information content (AvgIpc) is 2.42. The molecule has 0 saturated carbocycles. The fourth-order valence-corrected chi connectivity index (χ4v) is 1.91. The normalized spacial score (nSPS) is 10.2. The number of aromatic nitrogens is 1. The Bertz CT molecular complexity index is 563. The number of rotatable bonds is 5. The number of amides is 1. The minimum atomic E-state index is -0.491. The highest BCUT2D eigenvalue weighted by Gasteiger charge is 2.09. The number of halogens is 2. The number of carbonyl (C=O) groups excluding carboxylic acids is 1. The Hall–Kier alpha value is -1.94. The van der Waals surface area contributed by atoms with Gasteiger partial charge in [0.05, 0.1) is 23.5 Å². The first kappa shape index (κ1) is 13.5. The molecule has 0 bridgehead atoms. The van der Waals surface area contributed by atoms with Gasteiger partial charge in [-0.3, -0.25) is 9.78 Å². The Balaban J connectivity index is 2.09. The van der Waals surface area contributed by atoms with Crippen LogP contribution in [0.4, 0.5) is 4.39 Å². The fourth-order valence-electron chi connectivity index (χ4n) is 1.70. The van der Waals surface area contributed by atoms with Crippen molar-refractivity contribution in [1.29, 1.82) is 0 Å². The summed E-state index contributed by atoms with van der Waals surface area (Å²) < 4.78 is 12.9. The summed E-state index contributed by atoms with van der Waals surface area (Å²) in [7, 11) is 0. The molecule has 0 saturated heterocycles. The van der Waals surface area contributed by atoms with Gasteiger partial charge in [-0.2, -0.15) is 0 Å². The maximum absolute atomic E-state index is 12.9. The lowest BCUT2D eigenvalue weighted by molar-refractivity contribution is -0.119. The van der Waals surface area contributed by atoms with Crippen LogP contribution >= 0.6 is 11.6 Å². The SMILES string of the molecule is O=CN(Cc1ccccc1)Cc1ncc(F)cc1Cl. The van der Waals surface area contributed by atoms with Gasteiger partial charge in [-0.15, -0.1) is 0 Å². The zero-order valence-electron chi connectivity index (χ0n) is 10.1. The summed E-state index contributed by atoms with van der Waals surface area (Å²) in [6.45, 7) is 0.706. The second-order valence-corrected chi connectivity index (χ2v) is 4.49. The molecule has 1 heterocycles. The summed E-state index contributed by atoms with van der Waals surface area (Å²) in [5.41, 5.74) is 1.49. The largest absolute Gasteiger partial charge is 0.335 e. The Morgan fingerprint density at radius 2 is 2.00 bits per heavy atom. The lowest BCUT2D eigenvalue weighted by Gasteiger charge is -2.17. The zero-order valence-corrected chi connectivity index (χ0v) is 10.8. The van der Waals surface area contributed by atoms with Crippen LogP contribution < -0.4 is 0 Å². The summed E-state index contributed by atoms with van der Waals surface area (Å²) in [6, 6.07) is 10.8. The highest BCUT2D eigenvalue weighted by molar-refractivity contribution is 6.31. The van der Waals surface area contributed by atoms with E-state index in [1.54, 1.807) is 0 Å². The van der Waals surface area contributed by atoms with Gasteiger partial charge in [0.1, 0.15) is 5.82 Å². The number of hydrogen-bond donors (Lipinski definition) is 0. The van der Waals surface area contributed by atoms with Crippen LogP contribution in [-0.4, -0.2) is 16.3 Å². The van der Waals surface area contributed by atoms with Crippen LogP contribution in [0.1, 0.15) is 11.3 Å². The molecular weight excluding hydrogens is 267 g/mol. The Morgan fingerprint density at radius 3 is 2.63 bits per heavy atom. The first-order valence-corrected chi connectivity index (χ1v) is 6.10. The summed E-state index contributed by atoms with van der Waals surface area (Å²) in [4.78, 5) is 16.5. The predicted octanol–water partition coefficient (Wildman–Crippen LogP) is 3.03. The second kappa shape index (κ2) is 6.29. The van der Waals surface area contributed by atoms with E-state index in [1.165, 1.54) is 11.0 Å². The van der Waals surface area contributed by atoms with Gasteiger partial charge in [0.15, 0.2) is 0 Å². The fraction of sp³-hybridized carbons (Fsp3) is 0.143. The monoisotopic (exact) mass is 278 g/mol. The third-order valence-corrected chi connectivity index (χ3v) is 2.94. The molecular formula is C14H12ClFN2O. The van der Waals surface area contributed by atoms with E-state index in [1.807, 2.05) is 30.3 Å². The second-order valence-electron chi connectivity index (χ2n) is 4.08. The quantitative estimate of drug-likeness (QED) is 0.788. The van der Waals surface area contributed by atoms with Crippen LogP contribution in [0.15, 0.2) is 42.6 Å². The molecule has 0 aliphatic heterocycles. The third-order valence-electron chi connectivity index (χ3n) is 2.61. The van der Waals surface area contributed by atoms with Crippen molar-refractivity contribution < 1.29 is 9.18 Å². The zero-order chi connectivity index (χ0) is 13.7. The molecule has 0 aliphatic carbocycles. The lowest BCUT2D eigenvalue weighted by Crippen LogP contribution is -2.21. The van der Waals surface area contributed by atoms with Gasteiger partial charge in [0.2, 0.25) is 6.41 Å². The molecule has 0 N–H and O–H groups in total. The summed E-state index contributed by atoms with van der Waals surface area (Å²) >= 11 is 5.89. The summed E-state index contributed by atoms with van der Waals surface area (Å²) in [5.74, 6) is -0.491. The van der Waals surface area contributed by atoms with Crippen molar-refractivity contribution in [2.24, 2.45) is 0 Å². The first-order valence-electron chi connectivity index (χ1n) is 5.72. The first-order chi connectivity index (χ1) is 9.19. The summed E-state index contributed by atoms with van der Waals surface area (Å²) in [6.07, 6.45) is 1.82. The maximum Gasteiger partial charge on any atom is 0.210 e. The van der Waals surface area contributed by atoms with Crippen molar-refractivity contribution in [3.05, 3.63) is 64.7 Å². The van der Waals surface area contributed by atoms with E-state index in [9.17, 15) is 9.18 Å². The Morgan fingerprint density at radius 1 is 1.26 bits per heavy atom. The third kappa shape index (κ3) is 3.76. The lowest BCUT2D eigenvalue weighted by atomic mass is 10.2. The highest BCUT2D eigenvalue weighted by Crippen LogP contribution is 2.16. The van der Waals surface area contributed by atoms with Crippen LogP contribution in [0, 0.1) is 5.82 Å². The van der Waals surface area contributed by atoms with Crippen LogP contribution in [0.2, 0.25) is 5.02 Å². The molecule has 19 heavy (non-hydrogen) atoms. The number of pyridine rings is 1. The topological polar surface area (TPSA) is 33.2 Å². The molecule has 0 unspecified atom stereocenters. The molecule has 98 valence electrons. The van der Waals surface area contributed by atoms with Gasteiger partial charge in [-0.05, 0) is 11.6 Å². The van der Waals surface area contributed by atoms with Gasteiger partial charge in [0, 0.05) is 6.54 Å². The smallest absolute Gasteiger partial charge is 0.210 e. The number of carbonyl (C=O) groups is 1. The van der Waals surface area contributed by atoms with E-state index < -0.39 is 5.82 Å². The van der Waals surface area contributed by atoms with Crippen LogP contribution in [-0.2, 0) is 17.9 Å². The molecule has 0 atom stereocenters. The van der Waals surface area contributed by atoms with E-state index >= 15 is 0 Å². The van der Waals surface area contributed by atoms with Crippen LogP contribution in [0.5, 0.6) is 0 Å². The van der Waals surface area contributed by atoms with Crippen molar-refractivity contribution in [3.8, 4) is 0 Å². The molecule has 2 rings (SSSR count). The molecule has 0 spiro atoms. The number of nitrogens with zero attached hydrogens (tertiary/aromatic N) is 2. The van der Waals surface area contributed by atoms with Crippen LogP contribution in [0.3, 0.4) is 0 Å².